The molecule has 0 fully saturated rings. The van der Waals surface area contributed by atoms with Crippen LogP contribution in [-0.4, -0.2) is 27.1 Å². The Kier molecular flexibility index (Phi) is 7.00. The number of nitrogens with zero attached hydrogens (tertiary/aromatic N) is 1. The number of sulfonamides is 1. The summed E-state index contributed by atoms with van der Waals surface area (Å²) in [6.45, 7) is 3.95. The quantitative estimate of drug-likeness (QED) is 0.671. The van der Waals surface area contributed by atoms with Gasteiger partial charge in [0.15, 0.2) is 0 Å². The van der Waals surface area contributed by atoms with E-state index in [1.165, 1.54) is 16.4 Å². The second-order valence-corrected chi connectivity index (χ2v) is 9.15. The van der Waals surface area contributed by atoms with Crippen molar-refractivity contribution >= 4 is 43.2 Å². The lowest BCUT2D eigenvalue weighted by atomic mass is 10.1. The number of hydrogen-bond donors (Lipinski definition) is 1. The van der Waals surface area contributed by atoms with Crippen LogP contribution in [0.2, 0.25) is 0 Å². The fourth-order valence-corrected chi connectivity index (χ4v) is 4.01. The van der Waals surface area contributed by atoms with Gasteiger partial charge in [0.25, 0.3) is 0 Å². The Hall–Kier alpha value is -1.93. The van der Waals surface area contributed by atoms with Crippen LogP contribution in [0.4, 0.5) is 15.8 Å². The Morgan fingerprint density at radius 3 is 2.56 bits per heavy atom. The standard InChI is InChI=1S/C19H22BrFN2O3S/c1-13-6-4-7-18(14(13)2)23(27(3,25)26)11-5-8-19(24)22-17-10-9-15(20)12-16(17)21/h4,6-7,9-10,12H,5,8,11H2,1-3H3,(H,22,24). The molecule has 0 aliphatic rings. The largest absolute Gasteiger partial charge is 0.324 e. The molecular weight excluding hydrogens is 435 g/mol. The maximum atomic E-state index is 13.8. The minimum absolute atomic E-state index is 0.0758. The van der Waals surface area contributed by atoms with E-state index in [1.54, 1.807) is 18.2 Å². The number of rotatable bonds is 7. The summed E-state index contributed by atoms with van der Waals surface area (Å²) in [7, 11) is -3.49. The van der Waals surface area contributed by atoms with E-state index in [0.717, 1.165) is 17.4 Å². The number of hydrogen-bond acceptors (Lipinski definition) is 3. The normalized spacial score (nSPS) is 11.3. The zero-order valence-corrected chi connectivity index (χ0v) is 17.8. The number of amides is 1. The molecule has 27 heavy (non-hydrogen) atoms. The van der Waals surface area contributed by atoms with E-state index in [0.29, 0.717) is 16.6 Å². The van der Waals surface area contributed by atoms with Gasteiger partial charge in [0, 0.05) is 17.4 Å². The predicted molar refractivity (Wildman–Crippen MR) is 110 cm³/mol. The van der Waals surface area contributed by atoms with Crippen LogP contribution in [-0.2, 0) is 14.8 Å². The predicted octanol–water partition coefficient (Wildman–Crippen LogP) is 4.39. The van der Waals surface area contributed by atoms with E-state index in [4.69, 9.17) is 0 Å². The third kappa shape index (κ3) is 5.77. The average molecular weight is 457 g/mol. The number of halogens is 2. The molecule has 0 heterocycles. The first kappa shape index (κ1) is 21.4. The Labute approximate surface area is 167 Å². The van der Waals surface area contributed by atoms with Crippen molar-refractivity contribution in [2.24, 2.45) is 0 Å². The topological polar surface area (TPSA) is 66.5 Å². The van der Waals surface area contributed by atoms with Crippen LogP contribution in [0, 0.1) is 19.7 Å². The number of carbonyl (C=O) groups is 1. The molecule has 2 rings (SSSR count). The molecule has 0 spiro atoms. The molecule has 0 saturated heterocycles. The molecule has 0 aliphatic carbocycles. The van der Waals surface area contributed by atoms with Crippen molar-refractivity contribution in [1.82, 2.24) is 0 Å². The van der Waals surface area contributed by atoms with Crippen molar-refractivity contribution in [1.29, 1.82) is 0 Å². The van der Waals surface area contributed by atoms with E-state index in [9.17, 15) is 17.6 Å². The molecular formula is C19H22BrFN2O3S. The van der Waals surface area contributed by atoms with Crippen molar-refractivity contribution < 1.29 is 17.6 Å². The Bertz CT molecular complexity index is 948. The highest BCUT2D eigenvalue weighted by atomic mass is 79.9. The van der Waals surface area contributed by atoms with Gasteiger partial charge >= 0.3 is 0 Å². The van der Waals surface area contributed by atoms with Gasteiger partial charge < -0.3 is 5.32 Å². The molecule has 1 amide bonds. The molecule has 0 atom stereocenters. The summed E-state index contributed by atoms with van der Waals surface area (Å²) in [5.74, 6) is -0.906. The molecule has 0 aliphatic heterocycles. The summed E-state index contributed by atoms with van der Waals surface area (Å²) in [6, 6.07) is 9.83. The molecule has 0 aromatic heterocycles. The van der Waals surface area contributed by atoms with Crippen LogP contribution in [0.25, 0.3) is 0 Å². The van der Waals surface area contributed by atoms with Crippen molar-refractivity contribution in [2.75, 3.05) is 22.4 Å². The summed E-state index contributed by atoms with van der Waals surface area (Å²) in [6.07, 6.45) is 1.53. The summed E-state index contributed by atoms with van der Waals surface area (Å²) in [5.41, 5.74) is 2.57. The first-order chi connectivity index (χ1) is 12.6. The highest BCUT2D eigenvalue weighted by Crippen LogP contribution is 2.25. The Balaban J connectivity index is 2.03. The molecule has 146 valence electrons. The highest BCUT2D eigenvalue weighted by Gasteiger charge is 2.20. The van der Waals surface area contributed by atoms with E-state index < -0.39 is 15.8 Å². The number of benzene rings is 2. The first-order valence-corrected chi connectivity index (χ1v) is 11.0. The van der Waals surface area contributed by atoms with Gasteiger partial charge in [-0.05, 0) is 55.7 Å². The molecule has 1 N–H and O–H groups in total. The van der Waals surface area contributed by atoms with E-state index in [-0.39, 0.29) is 24.6 Å². The third-order valence-corrected chi connectivity index (χ3v) is 5.89. The van der Waals surface area contributed by atoms with Gasteiger partial charge in [-0.3, -0.25) is 9.10 Å². The molecule has 0 radical (unpaired) electrons. The van der Waals surface area contributed by atoms with Gasteiger partial charge in [0.2, 0.25) is 15.9 Å². The van der Waals surface area contributed by atoms with E-state index in [2.05, 4.69) is 21.2 Å². The molecule has 0 unspecified atom stereocenters. The van der Waals surface area contributed by atoms with Crippen LogP contribution < -0.4 is 9.62 Å². The Morgan fingerprint density at radius 1 is 1.22 bits per heavy atom. The summed E-state index contributed by atoms with van der Waals surface area (Å²) < 4.78 is 40.1. The number of anilines is 2. The van der Waals surface area contributed by atoms with Crippen molar-refractivity contribution in [3.63, 3.8) is 0 Å². The highest BCUT2D eigenvalue weighted by molar-refractivity contribution is 9.10. The van der Waals surface area contributed by atoms with Gasteiger partial charge in [0.05, 0.1) is 17.6 Å². The summed E-state index contributed by atoms with van der Waals surface area (Å²) in [4.78, 5) is 12.1. The summed E-state index contributed by atoms with van der Waals surface area (Å²) >= 11 is 3.16. The zero-order valence-electron chi connectivity index (χ0n) is 15.4. The van der Waals surface area contributed by atoms with Crippen LogP contribution in [0.15, 0.2) is 40.9 Å². The maximum absolute atomic E-state index is 13.8. The van der Waals surface area contributed by atoms with Crippen LogP contribution in [0.5, 0.6) is 0 Å². The fraction of sp³-hybridized carbons (Fsp3) is 0.316. The monoisotopic (exact) mass is 456 g/mol. The SMILES string of the molecule is Cc1cccc(N(CCCC(=O)Nc2ccc(Br)cc2F)S(C)(=O)=O)c1C. The third-order valence-electron chi connectivity index (χ3n) is 4.22. The molecule has 5 nitrogen and oxygen atoms in total. The van der Waals surface area contributed by atoms with E-state index in [1.807, 2.05) is 19.9 Å². The van der Waals surface area contributed by atoms with Crippen LogP contribution in [0.1, 0.15) is 24.0 Å². The van der Waals surface area contributed by atoms with Crippen molar-refractivity contribution in [3.05, 3.63) is 57.8 Å². The second-order valence-electron chi connectivity index (χ2n) is 6.33. The lowest BCUT2D eigenvalue weighted by Crippen LogP contribution is -2.32. The number of carbonyl (C=O) groups excluding carboxylic acids is 1. The van der Waals surface area contributed by atoms with Gasteiger partial charge in [-0.2, -0.15) is 0 Å². The Morgan fingerprint density at radius 2 is 1.93 bits per heavy atom. The molecule has 2 aromatic rings. The van der Waals surface area contributed by atoms with Crippen molar-refractivity contribution in [3.8, 4) is 0 Å². The molecule has 0 saturated carbocycles. The fourth-order valence-electron chi connectivity index (χ4n) is 2.66. The second kappa shape index (κ2) is 8.84. The molecule has 8 heteroatoms. The average Bonchev–Trinajstić information content (AvgIpc) is 2.56. The minimum Gasteiger partial charge on any atom is -0.324 e. The number of nitrogens with one attached hydrogen (secondary N) is 1. The van der Waals surface area contributed by atoms with Gasteiger partial charge in [-0.1, -0.05) is 28.1 Å². The molecule has 0 bridgehead atoms. The van der Waals surface area contributed by atoms with Crippen LogP contribution >= 0.6 is 15.9 Å². The molecule has 2 aromatic carbocycles. The lowest BCUT2D eigenvalue weighted by Gasteiger charge is -2.24. The van der Waals surface area contributed by atoms with E-state index >= 15 is 0 Å². The smallest absolute Gasteiger partial charge is 0.232 e. The first-order valence-electron chi connectivity index (χ1n) is 8.38. The van der Waals surface area contributed by atoms with Crippen LogP contribution in [0.3, 0.4) is 0 Å². The minimum atomic E-state index is -3.49. The van der Waals surface area contributed by atoms with Gasteiger partial charge in [-0.25, -0.2) is 12.8 Å². The van der Waals surface area contributed by atoms with Gasteiger partial charge in [-0.15, -0.1) is 0 Å². The summed E-state index contributed by atoms with van der Waals surface area (Å²) in [5, 5.41) is 2.51. The zero-order chi connectivity index (χ0) is 20.2. The lowest BCUT2D eigenvalue weighted by molar-refractivity contribution is -0.116. The number of aryl methyl sites for hydroxylation is 1. The van der Waals surface area contributed by atoms with Crippen molar-refractivity contribution in [2.45, 2.75) is 26.7 Å². The van der Waals surface area contributed by atoms with Gasteiger partial charge in [0.1, 0.15) is 5.82 Å². The maximum Gasteiger partial charge on any atom is 0.232 e.